The lowest BCUT2D eigenvalue weighted by molar-refractivity contribution is -0.384. The summed E-state index contributed by atoms with van der Waals surface area (Å²) in [6, 6.07) is 5.97. The van der Waals surface area contributed by atoms with Crippen LogP contribution >= 0.6 is 11.8 Å². The van der Waals surface area contributed by atoms with Crippen LogP contribution in [0.1, 0.15) is 27.7 Å². The van der Waals surface area contributed by atoms with E-state index in [2.05, 4.69) is 13.8 Å². The molecule has 0 aromatic heterocycles. The molecule has 0 spiro atoms. The zero-order chi connectivity index (χ0) is 17.2. The number of carbonyl (C=O) groups excluding carboxylic acids is 1. The van der Waals surface area contributed by atoms with E-state index in [-0.39, 0.29) is 17.4 Å². The van der Waals surface area contributed by atoms with Gasteiger partial charge in [-0.3, -0.25) is 14.9 Å². The molecule has 6 heteroatoms. The van der Waals surface area contributed by atoms with E-state index in [9.17, 15) is 14.9 Å². The highest BCUT2D eigenvalue weighted by Crippen LogP contribution is 2.38. The molecule has 1 unspecified atom stereocenters. The zero-order valence-corrected chi connectivity index (χ0v) is 14.6. The van der Waals surface area contributed by atoms with E-state index in [0.717, 1.165) is 10.7 Å². The maximum atomic E-state index is 12.2. The summed E-state index contributed by atoms with van der Waals surface area (Å²) in [7, 11) is 0. The molecule has 0 N–H and O–H groups in total. The van der Waals surface area contributed by atoms with Crippen LogP contribution in [0, 0.1) is 22.0 Å². The minimum atomic E-state index is -0.654. The van der Waals surface area contributed by atoms with Crippen molar-refractivity contribution in [3.8, 4) is 5.75 Å². The van der Waals surface area contributed by atoms with E-state index in [1.54, 1.807) is 30.0 Å². The summed E-state index contributed by atoms with van der Waals surface area (Å²) in [4.78, 5) is 23.4. The largest absolute Gasteiger partial charge is 0.483 e. The number of hydrogen-bond donors (Lipinski definition) is 0. The summed E-state index contributed by atoms with van der Waals surface area (Å²) in [5, 5.41) is 10.7. The second kappa shape index (κ2) is 6.74. The minimum Gasteiger partial charge on any atom is -0.483 e. The van der Waals surface area contributed by atoms with Crippen molar-refractivity contribution < 1.29 is 14.5 Å². The monoisotopic (exact) mass is 335 g/mol. The van der Waals surface area contributed by atoms with Gasteiger partial charge in [0.2, 0.25) is 0 Å². The maximum Gasteiger partial charge on any atom is 0.269 e. The van der Waals surface area contributed by atoms with Gasteiger partial charge in [0, 0.05) is 28.7 Å². The third-order valence-electron chi connectivity index (χ3n) is 3.88. The summed E-state index contributed by atoms with van der Waals surface area (Å²) in [6.07, 6.45) is 1.68. The highest BCUT2D eigenvalue weighted by molar-refractivity contribution is 8.03. The SMILES string of the molecule is CC(C)C1CSC(C(C)(C)Oc2ccc([N+](=O)[O-])cc2)=CC1=O. The summed E-state index contributed by atoms with van der Waals surface area (Å²) in [6.45, 7) is 7.91. The second-order valence-electron chi connectivity index (χ2n) is 6.44. The van der Waals surface area contributed by atoms with Gasteiger partial charge in [0.15, 0.2) is 5.78 Å². The lowest BCUT2D eigenvalue weighted by atomic mass is 9.92. The molecule has 0 saturated carbocycles. The quantitative estimate of drug-likeness (QED) is 0.595. The summed E-state index contributed by atoms with van der Waals surface area (Å²) >= 11 is 1.64. The fourth-order valence-corrected chi connectivity index (χ4v) is 3.89. The summed E-state index contributed by atoms with van der Waals surface area (Å²) in [5.74, 6) is 1.83. The van der Waals surface area contributed by atoms with E-state index in [4.69, 9.17) is 4.74 Å². The Morgan fingerprint density at radius 3 is 2.39 bits per heavy atom. The molecule has 1 heterocycles. The van der Waals surface area contributed by atoms with Crippen molar-refractivity contribution in [2.24, 2.45) is 11.8 Å². The Morgan fingerprint density at radius 1 is 1.30 bits per heavy atom. The van der Waals surface area contributed by atoms with Crippen LogP contribution in [0.2, 0.25) is 0 Å². The molecule has 0 amide bonds. The summed E-state index contributed by atoms with van der Waals surface area (Å²) in [5.41, 5.74) is -0.630. The van der Waals surface area contributed by atoms with Crippen molar-refractivity contribution in [2.45, 2.75) is 33.3 Å². The smallest absolute Gasteiger partial charge is 0.269 e. The molecule has 1 atom stereocenters. The first-order valence-corrected chi connectivity index (χ1v) is 8.51. The first-order chi connectivity index (χ1) is 10.7. The van der Waals surface area contributed by atoms with Crippen molar-refractivity contribution >= 4 is 23.2 Å². The van der Waals surface area contributed by atoms with Gasteiger partial charge in [0.05, 0.1) is 4.92 Å². The Morgan fingerprint density at radius 2 is 1.91 bits per heavy atom. The van der Waals surface area contributed by atoms with Crippen molar-refractivity contribution in [1.82, 2.24) is 0 Å². The van der Waals surface area contributed by atoms with Crippen LogP contribution in [0.15, 0.2) is 35.2 Å². The van der Waals surface area contributed by atoms with Gasteiger partial charge < -0.3 is 4.74 Å². The van der Waals surface area contributed by atoms with E-state index >= 15 is 0 Å². The minimum absolute atomic E-state index is 0.0244. The third kappa shape index (κ3) is 4.13. The molecule has 1 aromatic carbocycles. The standard InChI is InChI=1S/C17H21NO4S/c1-11(2)14-10-23-16(9-15(14)19)17(3,4)22-13-7-5-12(6-8-13)18(20)21/h5-9,11,14H,10H2,1-4H3. The van der Waals surface area contributed by atoms with Crippen LogP contribution in [0.4, 0.5) is 5.69 Å². The van der Waals surface area contributed by atoms with Crippen LogP contribution < -0.4 is 4.74 Å². The van der Waals surface area contributed by atoms with E-state index in [1.807, 2.05) is 13.8 Å². The number of nitro groups is 1. The van der Waals surface area contributed by atoms with Crippen molar-refractivity contribution in [3.63, 3.8) is 0 Å². The Balaban J connectivity index is 2.14. The number of carbonyl (C=O) groups is 1. The fraction of sp³-hybridized carbons (Fsp3) is 0.471. The van der Waals surface area contributed by atoms with Gasteiger partial charge >= 0.3 is 0 Å². The van der Waals surface area contributed by atoms with E-state index in [1.165, 1.54) is 12.1 Å². The molecule has 5 nitrogen and oxygen atoms in total. The van der Waals surface area contributed by atoms with Gasteiger partial charge in [-0.2, -0.15) is 0 Å². The van der Waals surface area contributed by atoms with Crippen molar-refractivity contribution in [3.05, 3.63) is 45.4 Å². The fourth-order valence-electron chi connectivity index (χ4n) is 2.39. The number of hydrogen-bond acceptors (Lipinski definition) is 5. The highest BCUT2D eigenvalue weighted by Gasteiger charge is 2.33. The number of ether oxygens (including phenoxy) is 1. The molecular formula is C17H21NO4S. The highest BCUT2D eigenvalue weighted by atomic mass is 32.2. The number of nitro benzene ring substituents is 1. The van der Waals surface area contributed by atoms with Crippen LogP contribution in [0.5, 0.6) is 5.75 Å². The predicted octanol–water partition coefficient (Wildman–Crippen LogP) is 4.22. The number of rotatable bonds is 5. The topological polar surface area (TPSA) is 69.4 Å². The van der Waals surface area contributed by atoms with Crippen LogP contribution in [0.3, 0.4) is 0 Å². The predicted molar refractivity (Wildman–Crippen MR) is 91.7 cm³/mol. The Bertz CT molecular complexity index is 634. The second-order valence-corrected chi connectivity index (χ2v) is 7.50. The molecule has 1 aromatic rings. The number of ketones is 1. The Labute approximate surface area is 140 Å². The molecule has 0 bridgehead atoms. The number of allylic oxidation sites excluding steroid dienone is 1. The normalized spacial score (nSPS) is 18.7. The molecule has 0 aliphatic carbocycles. The van der Waals surface area contributed by atoms with Gasteiger partial charge in [-0.25, -0.2) is 0 Å². The lowest BCUT2D eigenvalue weighted by Crippen LogP contribution is -2.34. The Hall–Kier alpha value is -1.82. The molecule has 1 aliphatic heterocycles. The van der Waals surface area contributed by atoms with Gasteiger partial charge in [-0.1, -0.05) is 13.8 Å². The van der Waals surface area contributed by atoms with Gasteiger partial charge in [-0.15, -0.1) is 11.8 Å². The molecule has 2 rings (SSSR count). The summed E-state index contributed by atoms with van der Waals surface area (Å²) < 4.78 is 5.96. The van der Waals surface area contributed by atoms with Gasteiger partial charge in [-0.05, 0) is 38.0 Å². The van der Waals surface area contributed by atoms with Crippen LogP contribution in [-0.2, 0) is 4.79 Å². The number of benzene rings is 1. The van der Waals surface area contributed by atoms with E-state index < -0.39 is 10.5 Å². The molecule has 0 radical (unpaired) electrons. The third-order valence-corrected chi connectivity index (χ3v) is 5.32. The molecule has 0 fully saturated rings. The Kier molecular flexibility index (Phi) is 5.14. The van der Waals surface area contributed by atoms with Crippen molar-refractivity contribution in [1.29, 1.82) is 0 Å². The zero-order valence-electron chi connectivity index (χ0n) is 13.7. The van der Waals surface area contributed by atoms with Gasteiger partial charge in [0.1, 0.15) is 11.4 Å². The molecule has 23 heavy (non-hydrogen) atoms. The average Bonchev–Trinajstić information content (AvgIpc) is 2.46. The first-order valence-electron chi connectivity index (χ1n) is 7.53. The van der Waals surface area contributed by atoms with Gasteiger partial charge in [0.25, 0.3) is 5.69 Å². The number of thioether (sulfide) groups is 1. The maximum absolute atomic E-state index is 12.2. The number of nitrogens with zero attached hydrogens (tertiary/aromatic N) is 1. The first kappa shape index (κ1) is 17.5. The lowest BCUT2D eigenvalue weighted by Gasteiger charge is -2.33. The molecule has 1 aliphatic rings. The number of non-ortho nitro benzene ring substituents is 1. The molecule has 124 valence electrons. The molecule has 0 saturated heterocycles. The van der Waals surface area contributed by atoms with Crippen molar-refractivity contribution in [2.75, 3.05) is 5.75 Å². The van der Waals surface area contributed by atoms with E-state index in [0.29, 0.717) is 11.7 Å². The van der Waals surface area contributed by atoms with Crippen LogP contribution in [0.25, 0.3) is 0 Å². The van der Waals surface area contributed by atoms with Crippen LogP contribution in [-0.4, -0.2) is 22.1 Å². The average molecular weight is 335 g/mol. The molecular weight excluding hydrogens is 314 g/mol.